The molecule has 2 rings (SSSR count). The second-order valence-electron chi connectivity index (χ2n) is 3.85. The van der Waals surface area contributed by atoms with E-state index in [0.717, 1.165) is 6.07 Å². The van der Waals surface area contributed by atoms with Gasteiger partial charge in [0, 0.05) is 18.7 Å². The summed E-state index contributed by atoms with van der Waals surface area (Å²) in [5.41, 5.74) is 0.398. The third-order valence-electron chi connectivity index (χ3n) is 2.48. The van der Waals surface area contributed by atoms with Crippen LogP contribution in [-0.4, -0.2) is 0 Å². The van der Waals surface area contributed by atoms with Crippen LogP contribution in [0.25, 0.3) is 0 Å². The van der Waals surface area contributed by atoms with Gasteiger partial charge in [-0.05, 0) is 17.7 Å². The lowest BCUT2D eigenvalue weighted by atomic mass is 10.2. The van der Waals surface area contributed by atoms with Gasteiger partial charge in [-0.2, -0.15) is 0 Å². The summed E-state index contributed by atoms with van der Waals surface area (Å²) in [6.07, 6.45) is 0. The van der Waals surface area contributed by atoms with Crippen molar-refractivity contribution < 1.29 is 17.6 Å². The molecule has 0 saturated heterocycles. The lowest BCUT2D eigenvalue weighted by Gasteiger charge is -2.08. The molecule has 0 bridgehead atoms. The maximum Gasteiger partial charge on any atom is 0.161 e. The SMILES string of the molecule is Fc1cc(F)c(NCc2ccc(F)c(Cl)c2)cc1F. The Hall–Kier alpha value is -1.75. The summed E-state index contributed by atoms with van der Waals surface area (Å²) in [4.78, 5) is 0. The van der Waals surface area contributed by atoms with Crippen molar-refractivity contribution in [3.63, 3.8) is 0 Å². The standard InChI is InChI=1S/C13H8ClF4N/c14-8-3-7(1-2-9(8)15)6-19-13-5-11(17)10(16)4-12(13)18/h1-5,19H,6H2. The highest BCUT2D eigenvalue weighted by Crippen LogP contribution is 2.20. The van der Waals surface area contributed by atoms with Crippen LogP contribution in [-0.2, 0) is 6.54 Å². The monoisotopic (exact) mass is 289 g/mol. The van der Waals surface area contributed by atoms with Crippen LogP contribution in [0, 0.1) is 23.3 Å². The van der Waals surface area contributed by atoms with Gasteiger partial charge in [0.15, 0.2) is 11.6 Å². The molecule has 1 nitrogen and oxygen atoms in total. The molecule has 1 N–H and O–H groups in total. The van der Waals surface area contributed by atoms with Crippen LogP contribution < -0.4 is 5.32 Å². The van der Waals surface area contributed by atoms with E-state index in [9.17, 15) is 17.6 Å². The van der Waals surface area contributed by atoms with E-state index in [4.69, 9.17) is 11.6 Å². The van der Waals surface area contributed by atoms with Gasteiger partial charge in [-0.15, -0.1) is 0 Å². The van der Waals surface area contributed by atoms with Crippen molar-refractivity contribution in [2.24, 2.45) is 0 Å². The first-order chi connectivity index (χ1) is 8.97. The van der Waals surface area contributed by atoms with E-state index >= 15 is 0 Å². The minimum absolute atomic E-state index is 0.0648. The third kappa shape index (κ3) is 3.17. The Morgan fingerprint density at radius 3 is 2.21 bits per heavy atom. The number of nitrogens with one attached hydrogen (secondary N) is 1. The van der Waals surface area contributed by atoms with E-state index in [0.29, 0.717) is 11.6 Å². The van der Waals surface area contributed by atoms with E-state index in [2.05, 4.69) is 5.32 Å². The van der Waals surface area contributed by atoms with Crippen LogP contribution in [0.3, 0.4) is 0 Å². The van der Waals surface area contributed by atoms with Crippen molar-refractivity contribution in [2.45, 2.75) is 6.54 Å². The Balaban J connectivity index is 2.14. The summed E-state index contributed by atoms with van der Waals surface area (Å²) in [7, 11) is 0. The van der Waals surface area contributed by atoms with Gasteiger partial charge in [0.1, 0.15) is 11.6 Å². The van der Waals surface area contributed by atoms with E-state index in [-0.39, 0.29) is 17.3 Å². The van der Waals surface area contributed by atoms with E-state index in [1.54, 1.807) is 0 Å². The summed E-state index contributed by atoms with van der Waals surface area (Å²) in [6, 6.07) is 5.15. The maximum absolute atomic E-state index is 13.3. The van der Waals surface area contributed by atoms with Gasteiger partial charge < -0.3 is 5.32 Å². The molecule has 0 saturated carbocycles. The molecule has 0 aliphatic heterocycles. The van der Waals surface area contributed by atoms with Crippen LogP contribution in [0.4, 0.5) is 23.2 Å². The van der Waals surface area contributed by atoms with E-state index in [1.165, 1.54) is 18.2 Å². The van der Waals surface area contributed by atoms with Crippen molar-refractivity contribution in [3.05, 3.63) is 64.2 Å². The van der Waals surface area contributed by atoms with Crippen LogP contribution in [0.2, 0.25) is 5.02 Å². The van der Waals surface area contributed by atoms with Crippen LogP contribution in [0.15, 0.2) is 30.3 Å². The Morgan fingerprint density at radius 2 is 1.53 bits per heavy atom. The Kier molecular flexibility index (Phi) is 3.95. The molecule has 0 atom stereocenters. The molecule has 0 aliphatic rings. The molecule has 100 valence electrons. The lowest BCUT2D eigenvalue weighted by Crippen LogP contribution is -2.03. The fourth-order valence-corrected chi connectivity index (χ4v) is 1.71. The number of halogens is 5. The molecule has 0 radical (unpaired) electrons. The molecule has 0 fully saturated rings. The zero-order valence-electron chi connectivity index (χ0n) is 9.48. The van der Waals surface area contributed by atoms with Crippen molar-refractivity contribution >= 4 is 17.3 Å². The minimum atomic E-state index is -1.26. The summed E-state index contributed by atoms with van der Waals surface area (Å²) in [6.45, 7) is 0.0992. The number of hydrogen-bond acceptors (Lipinski definition) is 1. The zero-order valence-corrected chi connectivity index (χ0v) is 10.2. The average Bonchev–Trinajstić information content (AvgIpc) is 2.36. The molecule has 0 heterocycles. The highest BCUT2D eigenvalue weighted by Gasteiger charge is 2.09. The molecule has 19 heavy (non-hydrogen) atoms. The van der Waals surface area contributed by atoms with Gasteiger partial charge in [0.05, 0.1) is 10.7 Å². The Labute approximate surface area is 111 Å². The second kappa shape index (κ2) is 5.48. The van der Waals surface area contributed by atoms with Gasteiger partial charge in [-0.1, -0.05) is 17.7 Å². The van der Waals surface area contributed by atoms with Gasteiger partial charge in [-0.25, -0.2) is 17.6 Å². The number of rotatable bonds is 3. The van der Waals surface area contributed by atoms with Crippen molar-refractivity contribution in [2.75, 3.05) is 5.32 Å². The fourth-order valence-electron chi connectivity index (χ4n) is 1.50. The first-order valence-electron chi connectivity index (χ1n) is 5.29. The van der Waals surface area contributed by atoms with E-state index in [1.807, 2.05) is 0 Å². The third-order valence-corrected chi connectivity index (χ3v) is 2.77. The highest BCUT2D eigenvalue weighted by molar-refractivity contribution is 6.30. The zero-order chi connectivity index (χ0) is 14.0. The average molecular weight is 290 g/mol. The van der Waals surface area contributed by atoms with Crippen LogP contribution in [0.1, 0.15) is 5.56 Å². The van der Waals surface area contributed by atoms with Crippen LogP contribution >= 0.6 is 11.6 Å². The van der Waals surface area contributed by atoms with Crippen LogP contribution in [0.5, 0.6) is 0 Å². The first kappa shape index (κ1) is 13.7. The normalized spacial score (nSPS) is 10.6. The summed E-state index contributed by atoms with van der Waals surface area (Å²) in [5.74, 6) is -3.88. The van der Waals surface area contributed by atoms with Gasteiger partial charge in [0.25, 0.3) is 0 Å². The molecular formula is C13H8ClF4N. The predicted octanol–water partition coefficient (Wildman–Crippen LogP) is 4.51. The lowest BCUT2D eigenvalue weighted by molar-refractivity contribution is 0.496. The van der Waals surface area contributed by atoms with Crippen molar-refractivity contribution in [1.29, 1.82) is 0 Å². The molecular weight excluding hydrogens is 282 g/mol. The molecule has 2 aromatic carbocycles. The fraction of sp³-hybridized carbons (Fsp3) is 0.0769. The smallest absolute Gasteiger partial charge is 0.161 e. The summed E-state index contributed by atoms with van der Waals surface area (Å²) in [5, 5.41) is 2.52. The molecule has 0 unspecified atom stereocenters. The van der Waals surface area contributed by atoms with Crippen molar-refractivity contribution in [3.8, 4) is 0 Å². The second-order valence-corrected chi connectivity index (χ2v) is 4.26. The molecule has 0 aliphatic carbocycles. The first-order valence-corrected chi connectivity index (χ1v) is 5.67. The number of hydrogen-bond donors (Lipinski definition) is 1. The summed E-state index contributed by atoms with van der Waals surface area (Å²) >= 11 is 5.59. The number of benzene rings is 2. The largest absolute Gasteiger partial charge is 0.379 e. The molecule has 0 amide bonds. The van der Waals surface area contributed by atoms with E-state index < -0.39 is 23.3 Å². The van der Waals surface area contributed by atoms with Gasteiger partial charge in [-0.3, -0.25) is 0 Å². The molecule has 0 spiro atoms. The minimum Gasteiger partial charge on any atom is -0.379 e. The molecule has 6 heteroatoms. The predicted molar refractivity (Wildman–Crippen MR) is 65.1 cm³/mol. The highest BCUT2D eigenvalue weighted by atomic mass is 35.5. The Morgan fingerprint density at radius 1 is 0.842 bits per heavy atom. The van der Waals surface area contributed by atoms with Crippen molar-refractivity contribution in [1.82, 2.24) is 0 Å². The molecule has 0 aromatic heterocycles. The topological polar surface area (TPSA) is 12.0 Å². The number of anilines is 1. The quantitative estimate of drug-likeness (QED) is 0.647. The Bertz CT molecular complexity index is 616. The van der Waals surface area contributed by atoms with Gasteiger partial charge in [0.2, 0.25) is 0 Å². The molecule has 2 aromatic rings. The van der Waals surface area contributed by atoms with Gasteiger partial charge >= 0.3 is 0 Å². The maximum atomic E-state index is 13.3. The summed E-state index contributed by atoms with van der Waals surface area (Å²) < 4.78 is 51.9.